The second kappa shape index (κ2) is 8.10. The number of carbonyl (C=O) groups excluding carboxylic acids is 1. The molecule has 3 aromatic rings. The van der Waals surface area contributed by atoms with Gasteiger partial charge in [0, 0.05) is 17.3 Å². The number of rotatable bonds is 6. The zero-order valence-corrected chi connectivity index (χ0v) is 15.9. The predicted octanol–water partition coefficient (Wildman–Crippen LogP) is 4.89. The van der Waals surface area contributed by atoms with Crippen molar-refractivity contribution in [2.45, 2.75) is 33.1 Å². The Kier molecular flexibility index (Phi) is 5.63. The van der Waals surface area contributed by atoms with Crippen molar-refractivity contribution >= 4 is 33.9 Å². The van der Waals surface area contributed by atoms with Gasteiger partial charge >= 0.3 is 0 Å². The summed E-state index contributed by atoms with van der Waals surface area (Å²) in [6.07, 6.45) is 2.00. The largest absolute Gasteiger partial charge is 0.326 e. The van der Waals surface area contributed by atoms with E-state index in [1.807, 2.05) is 48.7 Å². The fourth-order valence-corrected chi connectivity index (χ4v) is 3.20. The number of pyridine rings is 1. The number of hydrogen-bond acceptors (Lipinski definition) is 5. The molecule has 5 nitrogen and oxygen atoms in total. The van der Waals surface area contributed by atoms with Crippen molar-refractivity contribution in [2.75, 3.05) is 10.6 Å². The van der Waals surface area contributed by atoms with E-state index in [9.17, 15) is 4.79 Å². The van der Waals surface area contributed by atoms with Gasteiger partial charge in [0.2, 0.25) is 5.91 Å². The third-order valence-electron chi connectivity index (χ3n) is 3.90. The second-order valence-electron chi connectivity index (χ2n) is 6.49. The molecule has 0 unspecified atom stereocenters. The van der Waals surface area contributed by atoms with Gasteiger partial charge in [-0.3, -0.25) is 4.79 Å². The van der Waals surface area contributed by atoms with Crippen LogP contribution < -0.4 is 10.6 Å². The monoisotopic (exact) mass is 366 g/mol. The van der Waals surface area contributed by atoms with Crippen LogP contribution in [-0.2, 0) is 11.2 Å². The lowest BCUT2D eigenvalue weighted by molar-refractivity contribution is -0.115. The maximum absolute atomic E-state index is 12.2. The van der Waals surface area contributed by atoms with E-state index >= 15 is 0 Å². The van der Waals surface area contributed by atoms with Crippen molar-refractivity contribution in [3.05, 3.63) is 64.8 Å². The summed E-state index contributed by atoms with van der Waals surface area (Å²) in [6.45, 7) is 6.31. The van der Waals surface area contributed by atoms with Crippen LogP contribution in [0.25, 0.3) is 0 Å². The molecule has 1 aromatic carbocycles. The van der Waals surface area contributed by atoms with Gasteiger partial charge in [0.25, 0.3) is 0 Å². The SMILES string of the molecule is Cc1ccnc(Nc2nc(CC(=O)Nc3ccc(C(C)C)cc3)cs2)c1. The Labute approximate surface area is 157 Å². The lowest BCUT2D eigenvalue weighted by atomic mass is 10.0. The summed E-state index contributed by atoms with van der Waals surface area (Å²) >= 11 is 1.46. The molecule has 134 valence electrons. The average molecular weight is 366 g/mol. The van der Waals surface area contributed by atoms with Crippen LogP contribution in [0.2, 0.25) is 0 Å². The average Bonchev–Trinajstić information content (AvgIpc) is 3.02. The van der Waals surface area contributed by atoms with Crippen LogP contribution in [0.1, 0.15) is 36.6 Å². The number of nitrogens with zero attached hydrogens (tertiary/aromatic N) is 2. The molecule has 2 heterocycles. The van der Waals surface area contributed by atoms with Crippen LogP contribution in [0.3, 0.4) is 0 Å². The first-order valence-corrected chi connectivity index (χ1v) is 9.41. The topological polar surface area (TPSA) is 66.9 Å². The molecule has 6 heteroatoms. The molecular formula is C20H22N4OS. The molecule has 2 aromatic heterocycles. The molecule has 0 fully saturated rings. The van der Waals surface area contributed by atoms with Crippen LogP contribution in [0.5, 0.6) is 0 Å². The quantitative estimate of drug-likeness (QED) is 0.651. The molecule has 0 spiro atoms. The van der Waals surface area contributed by atoms with E-state index in [1.54, 1.807) is 6.20 Å². The van der Waals surface area contributed by atoms with Gasteiger partial charge in [0.05, 0.1) is 12.1 Å². The van der Waals surface area contributed by atoms with E-state index in [0.717, 1.165) is 27.9 Å². The maximum Gasteiger partial charge on any atom is 0.230 e. The van der Waals surface area contributed by atoms with Gasteiger partial charge < -0.3 is 10.6 Å². The molecule has 0 atom stereocenters. The van der Waals surface area contributed by atoms with Crippen molar-refractivity contribution in [1.29, 1.82) is 0 Å². The van der Waals surface area contributed by atoms with Crippen LogP contribution in [0, 0.1) is 6.92 Å². The lowest BCUT2D eigenvalue weighted by Gasteiger charge is -2.08. The molecule has 0 bridgehead atoms. The highest BCUT2D eigenvalue weighted by molar-refractivity contribution is 7.13. The minimum atomic E-state index is -0.0761. The summed E-state index contributed by atoms with van der Waals surface area (Å²) in [5.74, 6) is 1.15. The number of benzene rings is 1. The summed E-state index contributed by atoms with van der Waals surface area (Å²) in [5, 5.41) is 8.70. The molecule has 26 heavy (non-hydrogen) atoms. The van der Waals surface area contributed by atoms with Crippen LogP contribution in [0.4, 0.5) is 16.6 Å². The Hall–Kier alpha value is -2.73. The number of thiazole rings is 1. The van der Waals surface area contributed by atoms with Crippen molar-refractivity contribution in [1.82, 2.24) is 9.97 Å². The molecule has 3 rings (SSSR count). The third kappa shape index (κ3) is 4.89. The van der Waals surface area contributed by atoms with E-state index in [0.29, 0.717) is 5.92 Å². The summed E-state index contributed by atoms with van der Waals surface area (Å²) in [5.41, 5.74) is 3.92. The molecule has 0 saturated carbocycles. The standard InChI is InChI=1S/C20H22N4OS/c1-13(2)15-4-6-16(7-5-15)22-19(25)11-17-12-26-20(23-17)24-18-10-14(3)8-9-21-18/h4-10,12-13H,11H2,1-3H3,(H,22,25)(H,21,23,24). The van der Waals surface area contributed by atoms with Crippen molar-refractivity contribution in [3.8, 4) is 0 Å². The highest BCUT2D eigenvalue weighted by Gasteiger charge is 2.09. The van der Waals surface area contributed by atoms with Gasteiger partial charge in [0.1, 0.15) is 5.82 Å². The normalized spacial score (nSPS) is 10.8. The highest BCUT2D eigenvalue weighted by Crippen LogP contribution is 2.21. The first kappa shape index (κ1) is 18.1. The van der Waals surface area contributed by atoms with E-state index < -0.39 is 0 Å². The minimum absolute atomic E-state index is 0.0761. The number of amides is 1. The predicted molar refractivity (Wildman–Crippen MR) is 107 cm³/mol. The Morgan fingerprint density at radius 1 is 1.19 bits per heavy atom. The van der Waals surface area contributed by atoms with Crippen LogP contribution >= 0.6 is 11.3 Å². The third-order valence-corrected chi connectivity index (χ3v) is 4.71. The molecule has 0 saturated heterocycles. The summed E-state index contributed by atoms with van der Waals surface area (Å²) in [6, 6.07) is 11.8. The van der Waals surface area contributed by atoms with Gasteiger partial charge in [-0.25, -0.2) is 9.97 Å². The Morgan fingerprint density at radius 3 is 2.65 bits per heavy atom. The molecule has 0 aliphatic rings. The van der Waals surface area contributed by atoms with Crippen molar-refractivity contribution in [3.63, 3.8) is 0 Å². The fourth-order valence-electron chi connectivity index (χ4n) is 2.48. The number of hydrogen-bond donors (Lipinski definition) is 2. The number of carbonyl (C=O) groups is 1. The van der Waals surface area contributed by atoms with Gasteiger partial charge in [-0.15, -0.1) is 11.3 Å². The van der Waals surface area contributed by atoms with Crippen LogP contribution in [-0.4, -0.2) is 15.9 Å². The lowest BCUT2D eigenvalue weighted by Crippen LogP contribution is -2.14. The van der Waals surface area contributed by atoms with Crippen molar-refractivity contribution in [2.24, 2.45) is 0 Å². The Balaban J connectivity index is 1.57. The number of aromatic nitrogens is 2. The van der Waals surface area contributed by atoms with E-state index in [4.69, 9.17) is 0 Å². The molecule has 0 radical (unpaired) electrons. The van der Waals surface area contributed by atoms with Crippen LogP contribution in [0.15, 0.2) is 48.0 Å². The van der Waals surface area contributed by atoms with Gasteiger partial charge in [0.15, 0.2) is 5.13 Å². The Bertz CT molecular complexity index is 887. The smallest absolute Gasteiger partial charge is 0.230 e. The van der Waals surface area contributed by atoms with Gasteiger partial charge in [-0.05, 0) is 48.2 Å². The number of anilines is 3. The molecule has 2 N–H and O–H groups in total. The van der Waals surface area contributed by atoms with Gasteiger partial charge in [-0.2, -0.15) is 0 Å². The number of nitrogens with one attached hydrogen (secondary N) is 2. The second-order valence-corrected chi connectivity index (χ2v) is 7.35. The zero-order chi connectivity index (χ0) is 18.5. The molecule has 1 amide bonds. The van der Waals surface area contributed by atoms with Gasteiger partial charge in [-0.1, -0.05) is 26.0 Å². The van der Waals surface area contributed by atoms with E-state index in [2.05, 4.69) is 34.4 Å². The zero-order valence-electron chi connectivity index (χ0n) is 15.1. The fraction of sp³-hybridized carbons (Fsp3) is 0.250. The molecular weight excluding hydrogens is 344 g/mol. The first-order valence-electron chi connectivity index (χ1n) is 8.53. The maximum atomic E-state index is 12.2. The minimum Gasteiger partial charge on any atom is -0.326 e. The highest BCUT2D eigenvalue weighted by atomic mass is 32.1. The summed E-state index contributed by atoms with van der Waals surface area (Å²) < 4.78 is 0. The molecule has 0 aliphatic carbocycles. The summed E-state index contributed by atoms with van der Waals surface area (Å²) in [7, 11) is 0. The summed E-state index contributed by atoms with van der Waals surface area (Å²) in [4.78, 5) is 21.0. The van der Waals surface area contributed by atoms with E-state index in [1.165, 1.54) is 16.9 Å². The Morgan fingerprint density at radius 2 is 1.96 bits per heavy atom. The molecule has 0 aliphatic heterocycles. The first-order chi connectivity index (χ1) is 12.5. The number of aryl methyl sites for hydroxylation is 1. The van der Waals surface area contributed by atoms with E-state index in [-0.39, 0.29) is 12.3 Å². The van der Waals surface area contributed by atoms with Crippen molar-refractivity contribution < 1.29 is 4.79 Å².